The number of benzene rings is 1. The van der Waals surface area contributed by atoms with E-state index < -0.39 is 12.0 Å². The fourth-order valence-electron chi connectivity index (χ4n) is 2.16. The Hall–Kier alpha value is -1.79. The number of carboxylic acid groups (broad SMARTS) is 1. The Morgan fingerprint density at radius 1 is 1.45 bits per heavy atom. The van der Waals surface area contributed by atoms with E-state index in [1.165, 1.54) is 7.11 Å². The Balaban J connectivity index is 2.29. The average molecular weight is 281 g/mol. The molecule has 1 saturated heterocycles. The molecule has 0 bridgehead atoms. The maximum atomic E-state index is 11.1. The second-order valence-corrected chi connectivity index (χ2v) is 4.62. The van der Waals surface area contributed by atoms with Crippen LogP contribution in [0, 0.1) is 0 Å². The highest BCUT2D eigenvalue weighted by molar-refractivity contribution is 5.77. The Labute approximate surface area is 117 Å². The lowest BCUT2D eigenvalue weighted by atomic mass is 10.1. The van der Waals surface area contributed by atoms with Gasteiger partial charge in [0, 0.05) is 18.4 Å². The van der Waals surface area contributed by atoms with E-state index in [1.54, 1.807) is 18.2 Å². The molecule has 1 fully saturated rings. The number of para-hydroxylation sites is 1. The van der Waals surface area contributed by atoms with E-state index in [2.05, 4.69) is 0 Å². The molecule has 1 aliphatic rings. The second kappa shape index (κ2) is 6.58. The lowest BCUT2D eigenvalue weighted by Gasteiger charge is -2.26. The molecule has 1 unspecified atom stereocenters. The van der Waals surface area contributed by atoms with Crippen molar-refractivity contribution in [3.8, 4) is 11.5 Å². The van der Waals surface area contributed by atoms with Crippen molar-refractivity contribution in [3.05, 3.63) is 23.8 Å². The van der Waals surface area contributed by atoms with Gasteiger partial charge in [-0.15, -0.1) is 0 Å². The zero-order chi connectivity index (χ0) is 14.5. The molecule has 0 saturated carbocycles. The van der Waals surface area contributed by atoms with Crippen molar-refractivity contribution in [1.29, 1.82) is 0 Å². The molecule has 1 aliphatic heterocycles. The SMILES string of the molecule is COc1cccc(C(N)C(=O)O)c1OC1CCOCC1. The number of ether oxygens (including phenoxy) is 3. The lowest BCUT2D eigenvalue weighted by molar-refractivity contribution is -0.138. The molecule has 1 aromatic rings. The molecule has 0 spiro atoms. The van der Waals surface area contributed by atoms with E-state index in [9.17, 15) is 4.79 Å². The van der Waals surface area contributed by atoms with Gasteiger partial charge in [-0.3, -0.25) is 4.79 Å². The highest BCUT2D eigenvalue weighted by atomic mass is 16.5. The van der Waals surface area contributed by atoms with E-state index >= 15 is 0 Å². The topological polar surface area (TPSA) is 91.0 Å². The second-order valence-electron chi connectivity index (χ2n) is 4.62. The Kier molecular flexibility index (Phi) is 4.81. The van der Waals surface area contributed by atoms with Gasteiger partial charge in [0.1, 0.15) is 12.1 Å². The van der Waals surface area contributed by atoms with Gasteiger partial charge < -0.3 is 25.1 Å². The predicted octanol–water partition coefficient (Wildman–Crippen LogP) is 1.34. The number of carboxylic acids is 1. The van der Waals surface area contributed by atoms with E-state index in [-0.39, 0.29) is 6.10 Å². The summed E-state index contributed by atoms with van der Waals surface area (Å²) < 4.78 is 16.5. The molecular formula is C14H19NO5. The molecule has 6 nitrogen and oxygen atoms in total. The lowest BCUT2D eigenvalue weighted by Crippen LogP contribution is -2.28. The van der Waals surface area contributed by atoms with Gasteiger partial charge in [0.15, 0.2) is 11.5 Å². The minimum absolute atomic E-state index is 0.0141. The standard InChI is InChI=1S/C14H19NO5/c1-18-11-4-2-3-10(12(15)14(16)17)13(11)20-9-5-7-19-8-6-9/h2-4,9,12H,5-8,15H2,1H3,(H,16,17). The van der Waals surface area contributed by atoms with Gasteiger partial charge in [0.05, 0.1) is 20.3 Å². The molecular weight excluding hydrogens is 262 g/mol. The third-order valence-corrected chi connectivity index (χ3v) is 3.28. The van der Waals surface area contributed by atoms with Crippen molar-refractivity contribution >= 4 is 5.97 Å². The van der Waals surface area contributed by atoms with Crippen molar-refractivity contribution in [1.82, 2.24) is 0 Å². The van der Waals surface area contributed by atoms with Gasteiger partial charge in [-0.1, -0.05) is 12.1 Å². The van der Waals surface area contributed by atoms with Crippen LogP contribution in [0.5, 0.6) is 11.5 Å². The summed E-state index contributed by atoms with van der Waals surface area (Å²) in [5.74, 6) is -0.197. The van der Waals surface area contributed by atoms with Gasteiger partial charge in [-0.2, -0.15) is 0 Å². The number of nitrogens with two attached hydrogens (primary N) is 1. The summed E-state index contributed by atoms with van der Waals surface area (Å²) in [6.45, 7) is 1.28. The number of aliphatic carboxylic acids is 1. The minimum Gasteiger partial charge on any atom is -0.493 e. The van der Waals surface area contributed by atoms with Crippen LogP contribution in [0.3, 0.4) is 0 Å². The summed E-state index contributed by atoms with van der Waals surface area (Å²) in [6, 6.07) is 3.94. The van der Waals surface area contributed by atoms with Crippen molar-refractivity contribution in [3.63, 3.8) is 0 Å². The van der Waals surface area contributed by atoms with Gasteiger partial charge in [0.2, 0.25) is 0 Å². The summed E-state index contributed by atoms with van der Waals surface area (Å²) in [7, 11) is 1.52. The predicted molar refractivity (Wildman–Crippen MR) is 72.0 cm³/mol. The fourth-order valence-corrected chi connectivity index (χ4v) is 2.16. The van der Waals surface area contributed by atoms with Gasteiger partial charge in [-0.25, -0.2) is 0 Å². The van der Waals surface area contributed by atoms with Gasteiger partial charge >= 0.3 is 5.97 Å². The molecule has 1 heterocycles. The number of rotatable bonds is 5. The quantitative estimate of drug-likeness (QED) is 0.846. The monoisotopic (exact) mass is 281 g/mol. The third kappa shape index (κ3) is 3.20. The van der Waals surface area contributed by atoms with E-state index in [4.69, 9.17) is 25.1 Å². The molecule has 0 amide bonds. The summed E-state index contributed by atoms with van der Waals surface area (Å²) in [4.78, 5) is 11.1. The fraction of sp³-hybridized carbons (Fsp3) is 0.500. The molecule has 3 N–H and O–H groups in total. The Morgan fingerprint density at radius 2 is 2.15 bits per heavy atom. The summed E-state index contributed by atoms with van der Waals surface area (Å²) in [5.41, 5.74) is 6.13. The first-order valence-electron chi connectivity index (χ1n) is 6.53. The van der Waals surface area contributed by atoms with E-state index in [0.29, 0.717) is 30.3 Å². The van der Waals surface area contributed by atoms with Crippen molar-refractivity contribution in [2.45, 2.75) is 25.0 Å². The number of carbonyl (C=O) groups is 1. The van der Waals surface area contributed by atoms with Crippen molar-refractivity contribution < 1.29 is 24.1 Å². The molecule has 6 heteroatoms. The average Bonchev–Trinajstić information content (AvgIpc) is 2.47. The first-order valence-corrected chi connectivity index (χ1v) is 6.53. The molecule has 20 heavy (non-hydrogen) atoms. The van der Waals surface area contributed by atoms with Crippen LogP contribution >= 0.6 is 0 Å². The van der Waals surface area contributed by atoms with E-state index in [0.717, 1.165) is 12.8 Å². The van der Waals surface area contributed by atoms with Crippen LogP contribution in [-0.2, 0) is 9.53 Å². The molecule has 0 aliphatic carbocycles. The molecule has 110 valence electrons. The number of methoxy groups -OCH3 is 1. The van der Waals surface area contributed by atoms with Crippen LogP contribution in [0.2, 0.25) is 0 Å². The van der Waals surface area contributed by atoms with Crippen LogP contribution < -0.4 is 15.2 Å². The van der Waals surface area contributed by atoms with Crippen LogP contribution in [-0.4, -0.2) is 37.5 Å². The normalized spacial score (nSPS) is 17.5. The summed E-state index contributed by atoms with van der Waals surface area (Å²) in [5, 5.41) is 9.09. The van der Waals surface area contributed by atoms with Crippen LogP contribution in [0.1, 0.15) is 24.4 Å². The minimum atomic E-state index is -1.14. The maximum absolute atomic E-state index is 11.1. The van der Waals surface area contributed by atoms with Gasteiger partial charge in [-0.05, 0) is 6.07 Å². The summed E-state index contributed by atoms with van der Waals surface area (Å²) >= 11 is 0. The largest absolute Gasteiger partial charge is 0.493 e. The van der Waals surface area contributed by atoms with Crippen LogP contribution in [0.15, 0.2) is 18.2 Å². The highest BCUT2D eigenvalue weighted by Crippen LogP contribution is 2.36. The Morgan fingerprint density at radius 3 is 2.75 bits per heavy atom. The van der Waals surface area contributed by atoms with Crippen molar-refractivity contribution in [2.75, 3.05) is 20.3 Å². The molecule has 2 rings (SSSR count). The van der Waals surface area contributed by atoms with Gasteiger partial charge in [0.25, 0.3) is 0 Å². The maximum Gasteiger partial charge on any atom is 0.325 e. The van der Waals surface area contributed by atoms with Crippen molar-refractivity contribution in [2.24, 2.45) is 5.73 Å². The first kappa shape index (κ1) is 14.6. The highest BCUT2D eigenvalue weighted by Gasteiger charge is 2.25. The molecule has 1 atom stereocenters. The molecule has 0 aromatic heterocycles. The van der Waals surface area contributed by atoms with Crippen LogP contribution in [0.25, 0.3) is 0 Å². The Bertz CT molecular complexity index is 471. The first-order chi connectivity index (χ1) is 9.63. The number of hydrogen-bond acceptors (Lipinski definition) is 5. The summed E-state index contributed by atoms with van der Waals surface area (Å²) in [6.07, 6.45) is 1.51. The third-order valence-electron chi connectivity index (χ3n) is 3.28. The zero-order valence-corrected chi connectivity index (χ0v) is 11.4. The zero-order valence-electron chi connectivity index (χ0n) is 11.4. The van der Waals surface area contributed by atoms with Crippen LogP contribution in [0.4, 0.5) is 0 Å². The number of hydrogen-bond donors (Lipinski definition) is 2. The molecule has 1 aromatic carbocycles. The van der Waals surface area contributed by atoms with E-state index in [1.807, 2.05) is 0 Å². The molecule has 0 radical (unpaired) electrons. The smallest absolute Gasteiger partial charge is 0.325 e.